The van der Waals surface area contributed by atoms with Gasteiger partial charge in [0.05, 0.1) is 17.7 Å². The zero-order valence-electron chi connectivity index (χ0n) is 12.6. The molecule has 0 aromatic heterocycles. The first-order valence-corrected chi connectivity index (χ1v) is 7.78. The molecule has 0 amide bonds. The van der Waals surface area contributed by atoms with Crippen molar-refractivity contribution < 1.29 is 20.1 Å². The van der Waals surface area contributed by atoms with Crippen molar-refractivity contribution in [3.63, 3.8) is 0 Å². The van der Waals surface area contributed by atoms with Gasteiger partial charge in [0.15, 0.2) is 11.5 Å². The Labute approximate surface area is 129 Å². The molecule has 1 spiro atoms. The number of hydrogen-bond donors (Lipinski definition) is 3. The van der Waals surface area contributed by atoms with E-state index in [0.29, 0.717) is 6.42 Å². The maximum Gasteiger partial charge on any atom is 0.157 e. The number of aromatic hydroxyl groups is 2. The van der Waals surface area contributed by atoms with E-state index < -0.39 is 6.10 Å². The molecule has 5 heteroatoms. The van der Waals surface area contributed by atoms with Gasteiger partial charge < -0.3 is 20.1 Å². The first-order chi connectivity index (χ1) is 10.6. The molecule has 2 heterocycles. The molecule has 3 atom stereocenters. The topological polar surface area (TPSA) is 73.2 Å². The molecule has 1 aromatic rings. The van der Waals surface area contributed by atoms with Gasteiger partial charge in [-0.05, 0) is 41.7 Å². The highest BCUT2D eigenvalue weighted by molar-refractivity contribution is 5.54. The highest BCUT2D eigenvalue weighted by atomic mass is 16.5. The Balaban J connectivity index is 1.93. The van der Waals surface area contributed by atoms with Gasteiger partial charge >= 0.3 is 0 Å². The Morgan fingerprint density at radius 3 is 2.68 bits per heavy atom. The number of nitrogens with zero attached hydrogens (tertiary/aromatic N) is 1. The smallest absolute Gasteiger partial charge is 0.157 e. The van der Waals surface area contributed by atoms with Crippen LogP contribution in [-0.2, 0) is 16.7 Å². The maximum atomic E-state index is 10.2. The van der Waals surface area contributed by atoms with Gasteiger partial charge in [0, 0.05) is 26.6 Å². The van der Waals surface area contributed by atoms with Gasteiger partial charge in [-0.1, -0.05) is 6.08 Å². The quantitative estimate of drug-likeness (QED) is 0.538. The summed E-state index contributed by atoms with van der Waals surface area (Å²) >= 11 is 0. The van der Waals surface area contributed by atoms with Gasteiger partial charge in [0.2, 0.25) is 0 Å². The van der Waals surface area contributed by atoms with Gasteiger partial charge in [-0.25, -0.2) is 0 Å². The van der Waals surface area contributed by atoms with Crippen LogP contribution in [0.5, 0.6) is 11.5 Å². The summed E-state index contributed by atoms with van der Waals surface area (Å²) in [6.45, 7) is 1.87. The van der Waals surface area contributed by atoms with Crippen LogP contribution in [0, 0.1) is 0 Å². The molecule has 4 rings (SSSR count). The van der Waals surface area contributed by atoms with Gasteiger partial charge in [-0.2, -0.15) is 0 Å². The number of aliphatic hydroxyl groups is 1. The maximum absolute atomic E-state index is 10.2. The minimum absolute atomic E-state index is 0.0636. The lowest BCUT2D eigenvalue weighted by molar-refractivity contribution is -0.0345. The van der Waals surface area contributed by atoms with Crippen molar-refractivity contribution in [3.05, 3.63) is 34.9 Å². The number of rotatable bonds is 1. The average Bonchev–Trinajstić information content (AvgIpc) is 2.87. The molecular formula is C17H21NO4. The van der Waals surface area contributed by atoms with Crippen molar-refractivity contribution in [1.29, 1.82) is 0 Å². The van der Waals surface area contributed by atoms with Crippen LogP contribution in [0.3, 0.4) is 0 Å². The number of phenols is 2. The molecule has 1 fully saturated rings. The molecule has 0 bridgehead atoms. The fraction of sp³-hybridized carbons (Fsp3) is 0.529. The fourth-order valence-electron chi connectivity index (χ4n) is 4.51. The van der Waals surface area contributed by atoms with Gasteiger partial charge in [-0.15, -0.1) is 0 Å². The van der Waals surface area contributed by atoms with Crippen molar-refractivity contribution in [2.45, 2.75) is 37.0 Å². The minimum atomic E-state index is -0.582. The van der Waals surface area contributed by atoms with Crippen molar-refractivity contribution in [1.82, 2.24) is 4.90 Å². The van der Waals surface area contributed by atoms with E-state index in [9.17, 15) is 15.3 Å². The van der Waals surface area contributed by atoms with E-state index in [1.54, 1.807) is 19.2 Å². The second kappa shape index (κ2) is 4.72. The monoisotopic (exact) mass is 303 g/mol. The van der Waals surface area contributed by atoms with Crippen LogP contribution >= 0.6 is 0 Å². The van der Waals surface area contributed by atoms with E-state index in [4.69, 9.17) is 4.74 Å². The van der Waals surface area contributed by atoms with E-state index in [1.165, 1.54) is 5.57 Å². The van der Waals surface area contributed by atoms with Gasteiger partial charge in [-0.3, -0.25) is 4.90 Å². The Morgan fingerprint density at radius 2 is 1.91 bits per heavy atom. The second-order valence-electron chi connectivity index (χ2n) is 6.51. The SMILES string of the molecule is CO[C@@H]1C[C@]23C(=C[C@H]1O)CCN2CCc1cc(O)c(O)cc13. The Morgan fingerprint density at radius 1 is 1.18 bits per heavy atom. The van der Waals surface area contributed by atoms with E-state index in [2.05, 4.69) is 4.90 Å². The largest absolute Gasteiger partial charge is 0.504 e. The summed E-state index contributed by atoms with van der Waals surface area (Å²) in [7, 11) is 1.63. The standard InChI is InChI=1S/C17H21NO4/c1-22-16-9-17-11(7-15(16)21)3-5-18(17)4-2-10-6-13(19)14(20)8-12(10)17/h6-8,15-16,19-21H,2-5,9H2,1H3/t15-,16-,17-/m1/s1. The third-order valence-electron chi connectivity index (χ3n) is 5.57. The van der Waals surface area contributed by atoms with Crippen molar-refractivity contribution >= 4 is 0 Å². The molecule has 1 aliphatic carbocycles. The molecule has 1 aromatic carbocycles. The molecule has 118 valence electrons. The first kappa shape index (κ1) is 14.1. The normalized spacial score (nSPS) is 33.8. The highest BCUT2D eigenvalue weighted by Gasteiger charge is 2.53. The number of methoxy groups -OCH3 is 1. The average molecular weight is 303 g/mol. The Hall–Kier alpha value is -1.56. The van der Waals surface area contributed by atoms with E-state index in [1.807, 2.05) is 6.08 Å². The molecule has 0 radical (unpaired) electrons. The van der Waals surface area contributed by atoms with Gasteiger partial charge in [0.25, 0.3) is 0 Å². The molecule has 3 aliphatic rings. The zero-order chi connectivity index (χ0) is 15.5. The summed E-state index contributed by atoms with van der Waals surface area (Å²) in [5, 5.41) is 30.0. The molecular weight excluding hydrogens is 282 g/mol. The highest BCUT2D eigenvalue weighted by Crippen LogP contribution is 2.54. The van der Waals surface area contributed by atoms with Crippen molar-refractivity contribution in [2.24, 2.45) is 0 Å². The third kappa shape index (κ3) is 1.70. The van der Waals surface area contributed by atoms with Crippen LogP contribution in [0.25, 0.3) is 0 Å². The Bertz CT molecular complexity index is 656. The van der Waals surface area contributed by atoms with Crippen LogP contribution in [0.4, 0.5) is 0 Å². The summed E-state index contributed by atoms with van der Waals surface area (Å²) in [5.41, 5.74) is 3.02. The van der Waals surface area contributed by atoms with Crippen molar-refractivity contribution in [2.75, 3.05) is 20.2 Å². The number of aliphatic hydroxyl groups excluding tert-OH is 1. The molecule has 2 aliphatic heterocycles. The number of ether oxygens (including phenoxy) is 1. The van der Waals surface area contributed by atoms with Gasteiger partial charge in [0.1, 0.15) is 0 Å². The summed E-state index contributed by atoms with van der Waals surface area (Å²) in [6, 6.07) is 3.37. The molecule has 1 saturated heterocycles. The summed E-state index contributed by atoms with van der Waals surface area (Å²) in [5.74, 6) is -0.146. The molecule has 0 saturated carbocycles. The zero-order valence-corrected chi connectivity index (χ0v) is 12.6. The van der Waals surface area contributed by atoms with Crippen LogP contribution in [0.2, 0.25) is 0 Å². The fourth-order valence-corrected chi connectivity index (χ4v) is 4.51. The van der Waals surface area contributed by atoms with Crippen LogP contribution < -0.4 is 0 Å². The summed E-state index contributed by atoms with van der Waals surface area (Å²) in [6.07, 6.45) is 3.55. The first-order valence-electron chi connectivity index (χ1n) is 7.78. The Kier molecular flexibility index (Phi) is 3.01. The lowest BCUT2D eigenvalue weighted by atomic mass is 9.70. The number of hydrogen-bond acceptors (Lipinski definition) is 5. The molecule has 5 nitrogen and oxygen atoms in total. The van der Waals surface area contributed by atoms with Crippen LogP contribution in [0.1, 0.15) is 24.0 Å². The summed E-state index contributed by atoms with van der Waals surface area (Å²) < 4.78 is 5.49. The van der Waals surface area contributed by atoms with E-state index in [-0.39, 0.29) is 23.1 Å². The summed E-state index contributed by atoms with van der Waals surface area (Å²) in [4.78, 5) is 2.43. The van der Waals surface area contributed by atoms with E-state index in [0.717, 1.165) is 37.1 Å². The number of fused-ring (bicyclic) bond motifs is 1. The molecule has 22 heavy (non-hydrogen) atoms. The molecule has 3 N–H and O–H groups in total. The minimum Gasteiger partial charge on any atom is -0.504 e. The van der Waals surface area contributed by atoms with Crippen LogP contribution in [-0.4, -0.2) is 52.6 Å². The second-order valence-corrected chi connectivity index (χ2v) is 6.51. The lowest BCUT2D eigenvalue weighted by Crippen LogP contribution is -2.52. The van der Waals surface area contributed by atoms with E-state index >= 15 is 0 Å². The number of benzene rings is 1. The predicted molar refractivity (Wildman–Crippen MR) is 80.8 cm³/mol. The molecule has 0 unspecified atom stereocenters. The predicted octanol–water partition coefficient (Wildman–Crippen LogP) is 1.26. The number of phenolic OH excluding ortho intramolecular Hbond substituents is 2. The third-order valence-corrected chi connectivity index (χ3v) is 5.57. The lowest BCUT2D eigenvalue weighted by Gasteiger charge is -2.49. The van der Waals surface area contributed by atoms with Crippen LogP contribution in [0.15, 0.2) is 23.8 Å². The van der Waals surface area contributed by atoms with Crippen molar-refractivity contribution in [3.8, 4) is 11.5 Å².